The molecule has 0 aromatic heterocycles. The zero-order valence-electron chi connectivity index (χ0n) is 30.3. The predicted octanol–water partition coefficient (Wildman–Crippen LogP) is 15.2. The number of nitrogens with zero attached hydrogens (tertiary/aromatic N) is 2. The quantitative estimate of drug-likeness (QED) is 0.0549. The Hall–Kier alpha value is -0.400. The third-order valence-corrected chi connectivity index (χ3v) is 13.7. The minimum absolute atomic E-state index is 0.651. The van der Waals surface area contributed by atoms with Gasteiger partial charge in [-0.1, -0.05) is 156 Å². The van der Waals surface area contributed by atoms with Gasteiger partial charge in [0.25, 0.3) is 0 Å². The molecule has 0 spiro atoms. The number of hydrogen-bond donors (Lipinski definition) is 0. The van der Waals surface area contributed by atoms with E-state index in [1.165, 1.54) is 164 Å². The molecule has 0 heterocycles. The summed E-state index contributed by atoms with van der Waals surface area (Å²) < 4.78 is 0. The molecule has 0 aliphatic rings. The lowest BCUT2D eigenvalue weighted by Gasteiger charge is -2.21. The first-order valence-corrected chi connectivity index (χ1v) is 23.2. The summed E-state index contributed by atoms with van der Waals surface area (Å²) in [5.74, 6) is 4.25. The number of unbranched alkanes of at least 4 members (excludes halogenated alkanes) is 20. The maximum atomic E-state index is 10.5. The van der Waals surface area contributed by atoms with Crippen LogP contribution >= 0.6 is 47.0 Å². The second-order valence-corrected chi connectivity index (χ2v) is 17.2. The van der Waals surface area contributed by atoms with Crippen LogP contribution in [0.5, 0.6) is 0 Å². The van der Waals surface area contributed by atoms with Gasteiger partial charge in [-0.05, 0) is 48.7 Å². The van der Waals surface area contributed by atoms with Crippen LogP contribution in [0.15, 0.2) is 19.6 Å². The first-order chi connectivity index (χ1) is 22.7. The van der Waals surface area contributed by atoms with E-state index >= 15 is 0 Å². The summed E-state index contributed by atoms with van der Waals surface area (Å²) in [6, 6.07) is 5.12. The van der Waals surface area contributed by atoms with Crippen molar-refractivity contribution in [1.82, 2.24) is 0 Å². The fraction of sp³-hybridized carbons (Fsp3) is 0.800. The molecule has 0 N–H and O–H groups in total. The summed E-state index contributed by atoms with van der Waals surface area (Å²) in [7, 11) is 0. The van der Waals surface area contributed by atoms with Gasteiger partial charge in [-0.2, -0.15) is 10.5 Å². The van der Waals surface area contributed by atoms with Crippen LogP contribution in [0.1, 0.15) is 193 Å². The zero-order valence-corrected chi connectivity index (χ0v) is 33.6. The Morgan fingerprint density at radius 3 is 0.783 bits per heavy atom. The summed E-state index contributed by atoms with van der Waals surface area (Å²) in [5.41, 5.74) is 1.30. The minimum Gasteiger partial charge on any atom is -0.192 e. The highest BCUT2D eigenvalue weighted by atomic mass is 32.2. The van der Waals surface area contributed by atoms with Crippen molar-refractivity contribution in [3.63, 3.8) is 0 Å². The molecule has 0 saturated carbocycles. The van der Waals surface area contributed by atoms with E-state index < -0.39 is 0 Å². The van der Waals surface area contributed by atoms with Gasteiger partial charge in [0.15, 0.2) is 0 Å². The maximum absolute atomic E-state index is 10.5. The maximum Gasteiger partial charge on any atom is 0.102 e. The molecule has 1 rings (SSSR count). The molecule has 0 fully saturated rings. The molecule has 0 aliphatic carbocycles. The van der Waals surface area contributed by atoms with Crippen LogP contribution in [-0.4, -0.2) is 23.0 Å². The third-order valence-electron chi connectivity index (χ3n) is 8.52. The molecule has 6 heteroatoms. The molecular formula is C40H68N2S4. The van der Waals surface area contributed by atoms with E-state index in [4.69, 9.17) is 0 Å². The average Bonchev–Trinajstić information content (AvgIpc) is 3.07. The van der Waals surface area contributed by atoms with Crippen LogP contribution in [0.2, 0.25) is 0 Å². The van der Waals surface area contributed by atoms with Gasteiger partial charge in [-0.3, -0.25) is 0 Å². The van der Waals surface area contributed by atoms with Crippen LogP contribution in [0.3, 0.4) is 0 Å². The molecular weight excluding hydrogens is 637 g/mol. The highest BCUT2D eigenvalue weighted by Gasteiger charge is 2.25. The lowest BCUT2D eigenvalue weighted by molar-refractivity contribution is 0.626. The van der Waals surface area contributed by atoms with Crippen molar-refractivity contribution in [3.05, 3.63) is 11.1 Å². The Morgan fingerprint density at radius 1 is 0.326 bits per heavy atom. The summed E-state index contributed by atoms with van der Waals surface area (Å²) in [6.07, 6.45) is 30.9. The Labute approximate surface area is 303 Å². The summed E-state index contributed by atoms with van der Waals surface area (Å²) >= 11 is 7.70. The van der Waals surface area contributed by atoms with Crippen LogP contribution in [-0.2, 0) is 0 Å². The van der Waals surface area contributed by atoms with E-state index in [0.717, 1.165) is 32.8 Å². The van der Waals surface area contributed by atoms with Gasteiger partial charge in [-0.25, -0.2) is 0 Å². The van der Waals surface area contributed by atoms with Gasteiger partial charge >= 0.3 is 0 Å². The van der Waals surface area contributed by atoms with E-state index in [1.807, 2.05) is 47.0 Å². The topological polar surface area (TPSA) is 47.6 Å². The van der Waals surface area contributed by atoms with Gasteiger partial charge in [0.1, 0.15) is 12.1 Å². The van der Waals surface area contributed by atoms with Crippen molar-refractivity contribution in [3.8, 4) is 12.1 Å². The van der Waals surface area contributed by atoms with E-state index in [0.29, 0.717) is 11.1 Å². The normalized spacial score (nSPS) is 11.2. The molecule has 1 aromatic rings. The molecule has 0 saturated heterocycles. The molecule has 262 valence electrons. The van der Waals surface area contributed by atoms with Crippen LogP contribution < -0.4 is 0 Å². The molecule has 0 amide bonds. The van der Waals surface area contributed by atoms with Crippen LogP contribution in [0, 0.1) is 22.7 Å². The SMILES string of the molecule is CCCCCCCCSc1c(C#N)c(C#N)c(SCCCCCCCC)c(SCCCCCCCC)c1SCCCCCCCC. The van der Waals surface area contributed by atoms with Gasteiger partial charge in [0.2, 0.25) is 0 Å². The largest absolute Gasteiger partial charge is 0.192 e. The lowest BCUT2D eigenvalue weighted by Crippen LogP contribution is -2.01. The smallest absolute Gasteiger partial charge is 0.102 e. The number of hydrogen-bond acceptors (Lipinski definition) is 6. The summed E-state index contributed by atoms with van der Waals surface area (Å²) in [6.45, 7) is 9.11. The fourth-order valence-electron chi connectivity index (χ4n) is 5.64. The Bertz CT molecular complexity index is 889. The molecule has 1 aromatic carbocycles. The fourth-order valence-corrected chi connectivity index (χ4v) is 11.0. The van der Waals surface area contributed by atoms with Gasteiger partial charge in [0, 0.05) is 19.6 Å². The second kappa shape index (κ2) is 31.8. The van der Waals surface area contributed by atoms with Gasteiger partial charge in [0.05, 0.1) is 11.1 Å². The van der Waals surface area contributed by atoms with Crippen molar-refractivity contribution in [2.24, 2.45) is 0 Å². The molecule has 0 radical (unpaired) electrons. The molecule has 0 bridgehead atoms. The van der Waals surface area contributed by atoms with Crippen LogP contribution in [0.4, 0.5) is 0 Å². The number of thioether (sulfide) groups is 4. The highest BCUT2D eigenvalue weighted by Crippen LogP contribution is 2.49. The number of rotatable bonds is 32. The zero-order chi connectivity index (χ0) is 33.5. The molecule has 0 unspecified atom stereocenters. The van der Waals surface area contributed by atoms with Crippen LogP contribution in [0.25, 0.3) is 0 Å². The highest BCUT2D eigenvalue weighted by molar-refractivity contribution is 8.04. The number of nitriles is 2. The molecule has 2 nitrogen and oxygen atoms in total. The van der Waals surface area contributed by atoms with Crippen molar-refractivity contribution >= 4 is 47.0 Å². The monoisotopic (exact) mass is 704 g/mol. The first kappa shape index (κ1) is 43.6. The predicted molar refractivity (Wildman–Crippen MR) is 212 cm³/mol. The van der Waals surface area contributed by atoms with Gasteiger partial charge < -0.3 is 0 Å². The summed E-state index contributed by atoms with van der Waals surface area (Å²) in [4.78, 5) is 4.86. The Balaban J connectivity index is 3.29. The van der Waals surface area contributed by atoms with E-state index in [-0.39, 0.29) is 0 Å². The Kier molecular flexibility index (Phi) is 30.2. The van der Waals surface area contributed by atoms with Crippen molar-refractivity contribution < 1.29 is 0 Å². The minimum atomic E-state index is 0.651. The molecule has 0 atom stereocenters. The lowest BCUT2D eigenvalue weighted by atomic mass is 10.1. The van der Waals surface area contributed by atoms with E-state index in [2.05, 4.69) is 39.8 Å². The van der Waals surface area contributed by atoms with Crippen molar-refractivity contribution in [1.29, 1.82) is 10.5 Å². The average molecular weight is 705 g/mol. The Morgan fingerprint density at radius 2 is 0.543 bits per heavy atom. The van der Waals surface area contributed by atoms with E-state index in [9.17, 15) is 10.5 Å². The second-order valence-electron chi connectivity index (χ2n) is 12.8. The van der Waals surface area contributed by atoms with E-state index in [1.54, 1.807) is 0 Å². The first-order valence-electron chi connectivity index (χ1n) is 19.2. The molecule has 46 heavy (non-hydrogen) atoms. The number of benzene rings is 1. The summed E-state index contributed by atoms with van der Waals surface area (Å²) in [5, 5.41) is 21.1. The molecule has 0 aliphatic heterocycles. The van der Waals surface area contributed by atoms with Crippen molar-refractivity contribution in [2.75, 3.05) is 23.0 Å². The van der Waals surface area contributed by atoms with Gasteiger partial charge in [-0.15, -0.1) is 47.0 Å². The van der Waals surface area contributed by atoms with Crippen molar-refractivity contribution in [2.45, 2.75) is 201 Å². The third kappa shape index (κ3) is 19.6. The standard InChI is InChI=1S/C40H68N2S4/c1-5-9-13-17-21-25-29-43-37-35(33-41)36(34-42)38(44-30-26-22-18-14-10-6-2)40(46-32-28-24-20-16-12-8-4)39(37)45-31-27-23-19-15-11-7-3/h5-32H2,1-4H3.